The van der Waals surface area contributed by atoms with E-state index in [-0.39, 0.29) is 11.8 Å². The van der Waals surface area contributed by atoms with E-state index in [9.17, 15) is 4.79 Å². The fourth-order valence-electron chi connectivity index (χ4n) is 3.82. The van der Waals surface area contributed by atoms with Crippen LogP contribution in [0.5, 0.6) is 0 Å². The van der Waals surface area contributed by atoms with Crippen molar-refractivity contribution >= 4 is 5.91 Å². The molecule has 0 saturated carbocycles. The summed E-state index contributed by atoms with van der Waals surface area (Å²) in [6.45, 7) is 2.30. The summed E-state index contributed by atoms with van der Waals surface area (Å²) in [5.74, 6) is 0.123. The number of nitrogens with one attached hydrogen (secondary N) is 1. The molecule has 4 heteroatoms. The zero-order valence-electron chi connectivity index (χ0n) is 15.5. The second-order valence-corrected chi connectivity index (χ2v) is 7.08. The Bertz CT molecular complexity index is 902. The Morgan fingerprint density at radius 3 is 2.19 bits per heavy atom. The fourth-order valence-corrected chi connectivity index (χ4v) is 3.82. The normalized spacial score (nSPS) is 13.4. The number of hydrogen-bond donors (Lipinski definition) is 1. The van der Waals surface area contributed by atoms with Crippen LogP contribution < -0.4 is 5.32 Å². The molecule has 1 aliphatic carbocycles. The first-order valence-electron chi connectivity index (χ1n) is 9.40. The molecule has 4 nitrogen and oxygen atoms in total. The molecule has 0 bridgehead atoms. The van der Waals surface area contributed by atoms with Crippen LogP contribution in [0.4, 0.5) is 0 Å². The van der Waals surface area contributed by atoms with E-state index in [1.807, 2.05) is 6.92 Å². The van der Waals surface area contributed by atoms with E-state index in [0.29, 0.717) is 13.0 Å². The maximum absolute atomic E-state index is 12.7. The molecular weight excluding hydrogens is 334 g/mol. The number of amides is 1. The quantitative estimate of drug-likeness (QED) is 0.774. The molecule has 1 amide bonds. The molecular formula is C23H23N3O. The van der Waals surface area contributed by atoms with Gasteiger partial charge in [-0.3, -0.25) is 14.8 Å². The Kier molecular flexibility index (Phi) is 4.97. The lowest BCUT2D eigenvalue weighted by Gasteiger charge is -2.20. The third-order valence-electron chi connectivity index (χ3n) is 5.22. The average Bonchev–Trinajstić information content (AvgIpc) is 2.85. The van der Waals surface area contributed by atoms with Gasteiger partial charge in [-0.1, -0.05) is 48.5 Å². The molecule has 4 rings (SSSR count). The number of rotatable bonds is 4. The van der Waals surface area contributed by atoms with Gasteiger partial charge in [-0.25, -0.2) is 0 Å². The van der Waals surface area contributed by atoms with E-state index < -0.39 is 0 Å². The second kappa shape index (κ2) is 7.70. The molecule has 1 aromatic heterocycles. The summed E-state index contributed by atoms with van der Waals surface area (Å²) in [5, 5.41) is 3.01. The lowest BCUT2D eigenvalue weighted by molar-refractivity contribution is -0.121. The SMILES string of the molecule is Cc1cnc(CNC(=O)CC2c3ccccc3CCc3ccccc32)cn1. The summed E-state index contributed by atoms with van der Waals surface area (Å²) in [6, 6.07) is 17.0. The zero-order chi connectivity index (χ0) is 18.6. The standard InChI is InChI=1S/C23H23N3O/c1-16-13-25-19(14-24-16)15-26-23(27)12-22-20-8-4-2-6-17(20)10-11-18-7-3-5-9-21(18)22/h2-9,13-14,22H,10-12,15H2,1H3,(H,26,27). The van der Waals surface area contributed by atoms with Gasteiger partial charge in [-0.15, -0.1) is 0 Å². The van der Waals surface area contributed by atoms with Crippen molar-refractivity contribution in [1.29, 1.82) is 0 Å². The van der Waals surface area contributed by atoms with E-state index >= 15 is 0 Å². The highest BCUT2D eigenvalue weighted by Gasteiger charge is 2.25. The molecule has 0 aliphatic heterocycles. The first-order valence-corrected chi connectivity index (χ1v) is 9.40. The van der Waals surface area contributed by atoms with Crippen LogP contribution in [-0.2, 0) is 24.2 Å². The molecule has 3 aromatic rings. The van der Waals surface area contributed by atoms with Gasteiger partial charge in [-0.05, 0) is 42.0 Å². The van der Waals surface area contributed by atoms with Crippen LogP contribution in [0.25, 0.3) is 0 Å². The van der Waals surface area contributed by atoms with E-state index in [0.717, 1.165) is 24.2 Å². The Balaban J connectivity index is 1.55. The van der Waals surface area contributed by atoms with Gasteiger partial charge in [0.2, 0.25) is 5.91 Å². The predicted octanol–water partition coefficient (Wildman–Crippen LogP) is 3.72. The van der Waals surface area contributed by atoms with Crippen LogP contribution in [-0.4, -0.2) is 15.9 Å². The van der Waals surface area contributed by atoms with Crippen molar-refractivity contribution in [2.75, 3.05) is 0 Å². The van der Waals surface area contributed by atoms with Gasteiger partial charge in [0.25, 0.3) is 0 Å². The fraction of sp³-hybridized carbons (Fsp3) is 0.261. The monoisotopic (exact) mass is 357 g/mol. The maximum atomic E-state index is 12.7. The third-order valence-corrected chi connectivity index (χ3v) is 5.22. The van der Waals surface area contributed by atoms with E-state index in [2.05, 4.69) is 63.8 Å². The molecule has 136 valence electrons. The number of carbonyl (C=O) groups is 1. The van der Waals surface area contributed by atoms with Crippen LogP contribution >= 0.6 is 0 Å². The van der Waals surface area contributed by atoms with Gasteiger partial charge >= 0.3 is 0 Å². The van der Waals surface area contributed by atoms with Crippen molar-refractivity contribution in [2.24, 2.45) is 0 Å². The van der Waals surface area contributed by atoms with Crippen molar-refractivity contribution in [1.82, 2.24) is 15.3 Å². The first kappa shape index (κ1) is 17.4. The zero-order valence-corrected chi connectivity index (χ0v) is 15.5. The van der Waals surface area contributed by atoms with Crippen LogP contribution in [0.1, 0.15) is 46.0 Å². The van der Waals surface area contributed by atoms with Gasteiger partial charge in [0.05, 0.1) is 24.1 Å². The number of aryl methyl sites for hydroxylation is 3. The molecule has 27 heavy (non-hydrogen) atoms. The van der Waals surface area contributed by atoms with Crippen molar-refractivity contribution in [2.45, 2.75) is 38.6 Å². The summed E-state index contributed by atoms with van der Waals surface area (Å²) in [4.78, 5) is 21.3. The van der Waals surface area contributed by atoms with E-state index in [1.165, 1.54) is 22.3 Å². The Morgan fingerprint density at radius 2 is 1.59 bits per heavy atom. The van der Waals surface area contributed by atoms with Gasteiger partial charge in [0, 0.05) is 18.5 Å². The molecule has 0 saturated heterocycles. The molecule has 1 N–H and O–H groups in total. The summed E-state index contributed by atoms with van der Waals surface area (Å²) in [6.07, 6.45) is 5.91. The van der Waals surface area contributed by atoms with Crippen LogP contribution in [0.15, 0.2) is 60.9 Å². The predicted molar refractivity (Wildman–Crippen MR) is 105 cm³/mol. The summed E-state index contributed by atoms with van der Waals surface area (Å²) < 4.78 is 0. The van der Waals surface area contributed by atoms with Crippen LogP contribution in [0, 0.1) is 6.92 Å². The topological polar surface area (TPSA) is 54.9 Å². The van der Waals surface area contributed by atoms with Crippen molar-refractivity contribution in [3.63, 3.8) is 0 Å². The van der Waals surface area contributed by atoms with Gasteiger partial charge in [0.15, 0.2) is 0 Å². The molecule has 2 aromatic carbocycles. The lowest BCUT2D eigenvalue weighted by atomic mass is 9.85. The second-order valence-electron chi connectivity index (χ2n) is 7.08. The molecule has 0 radical (unpaired) electrons. The summed E-state index contributed by atoms with van der Waals surface area (Å²) >= 11 is 0. The summed E-state index contributed by atoms with van der Waals surface area (Å²) in [5.41, 5.74) is 6.87. The Hall–Kier alpha value is -3.01. The van der Waals surface area contributed by atoms with Crippen LogP contribution in [0.3, 0.4) is 0 Å². The van der Waals surface area contributed by atoms with Crippen molar-refractivity contribution < 1.29 is 4.79 Å². The van der Waals surface area contributed by atoms with Crippen LogP contribution in [0.2, 0.25) is 0 Å². The molecule has 1 aliphatic rings. The molecule has 0 unspecified atom stereocenters. The van der Waals surface area contributed by atoms with Crippen molar-refractivity contribution in [3.8, 4) is 0 Å². The molecule has 0 fully saturated rings. The number of fused-ring (bicyclic) bond motifs is 2. The van der Waals surface area contributed by atoms with Gasteiger partial charge < -0.3 is 5.32 Å². The lowest BCUT2D eigenvalue weighted by Crippen LogP contribution is -2.25. The highest BCUT2D eigenvalue weighted by molar-refractivity contribution is 5.77. The number of benzene rings is 2. The average molecular weight is 357 g/mol. The minimum atomic E-state index is 0.0360. The number of carbonyl (C=O) groups excluding carboxylic acids is 1. The number of nitrogens with zero attached hydrogens (tertiary/aromatic N) is 2. The number of hydrogen-bond acceptors (Lipinski definition) is 3. The maximum Gasteiger partial charge on any atom is 0.221 e. The molecule has 0 spiro atoms. The largest absolute Gasteiger partial charge is 0.350 e. The molecule has 1 heterocycles. The smallest absolute Gasteiger partial charge is 0.221 e. The van der Waals surface area contributed by atoms with Gasteiger partial charge in [0.1, 0.15) is 0 Å². The first-order chi connectivity index (χ1) is 13.2. The van der Waals surface area contributed by atoms with Crippen molar-refractivity contribution in [3.05, 3.63) is 94.6 Å². The highest BCUT2D eigenvalue weighted by atomic mass is 16.1. The third kappa shape index (κ3) is 3.90. The van der Waals surface area contributed by atoms with E-state index in [1.54, 1.807) is 12.4 Å². The summed E-state index contributed by atoms with van der Waals surface area (Å²) in [7, 11) is 0. The minimum Gasteiger partial charge on any atom is -0.350 e. The van der Waals surface area contributed by atoms with E-state index in [4.69, 9.17) is 0 Å². The molecule has 0 atom stereocenters. The Morgan fingerprint density at radius 1 is 0.963 bits per heavy atom. The number of aromatic nitrogens is 2. The Labute approximate surface area is 159 Å². The highest BCUT2D eigenvalue weighted by Crippen LogP contribution is 2.36. The minimum absolute atomic E-state index is 0.0360. The van der Waals surface area contributed by atoms with Gasteiger partial charge in [-0.2, -0.15) is 0 Å².